The van der Waals surface area contributed by atoms with E-state index < -0.39 is 0 Å². The van der Waals surface area contributed by atoms with Crippen molar-refractivity contribution in [2.75, 3.05) is 0 Å². The molecule has 88 valence electrons. The van der Waals surface area contributed by atoms with E-state index in [0.717, 1.165) is 20.4 Å². The van der Waals surface area contributed by atoms with Crippen molar-refractivity contribution in [1.82, 2.24) is 9.97 Å². The maximum absolute atomic E-state index is 5.96. The third kappa shape index (κ3) is 3.37. The number of aromatic nitrogens is 2. The average Bonchev–Trinajstić information content (AvgIpc) is 2.75. The van der Waals surface area contributed by atoms with E-state index in [1.807, 2.05) is 11.8 Å². The SMILES string of the molecule is Clc1nc(CSC2CCCC2)nc(Cl)c1I. The Kier molecular flexibility index (Phi) is 5.00. The number of hydrogen-bond acceptors (Lipinski definition) is 3. The lowest BCUT2D eigenvalue weighted by Gasteiger charge is -2.08. The molecule has 16 heavy (non-hydrogen) atoms. The summed E-state index contributed by atoms with van der Waals surface area (Å²) in [6.45, 7) is 0. The van der Waals surface area contributed by atoms with Gasteiger partial charge in [0.25, 0.3) is 0 Å². The molecule has 6 heteroatoms. The highest BCUT2D eigenvalue weighted by molar-refractivity contribution is 14.1. The predicted octanol–water partition coefficient (Wildman–Crippen LogP) is 4.56. The fourth-order valence-electron chi connectivity index (χ4n) is 1.75. The van der Waals surface area contributed by atoms with Crippen molar-refractivity contribution in [3.05, 3.63) is 19.7 Å². The van der Waals surface area contributed by atoms with Crippen LogP contribution in [-0.2, 0) is 5.75 Å². The van der Waals surface area contributed by atoms with Crippen molar-refractivity contribution in [2.45, 2.75) is 36.7 Å². The molecular weight excluding hydrogens is 378 g/mol. The Bertz CT molecular complexity index is 360. The molecule has 1 saturated carbocycles. The average molecular weight is 389 g/mol. The maximum atomic E-state index is 5.96. The third-order valence-corrected chi connectivity index (χ3v) is 6.14. The molecule has 1 heterocycles. The Morgan fingerprint density at radius 3 is 2.31 bits per heavy atom. The minimum atomic E-state index is 0.461. The Balaban J connectivity index is 1.98. The number of rotatable bonds is 3. The van der Waals surface area contributed by atoms with E-state index in [0.29, 0.717) is 10.3 Å². The Hall–Kier alpha value is 0.740. The van der Waals surface area contributed by atoms with Gasteiger partial charge in [-0.2, -0.15) is 11.8 Å². The van der Waals surface area contributed by atoms with Gasteiger partial charge in [-0.15, -0.1) is 0 Å². The molecule has 0 unspecified atom stereocenters. The molecule has 0 saturated heterocycles. The Morgan fingerprint density at radius 1 is 1.19 bits per heavy atom. The topological polar surface area (TPSA) is 25.8 Å². The number of thioether (sulfide) groups is 1. The smallest absolute Gasteiger partial charge is 0.147 e. The van der Waals surface area contributed by atoms with Crippen LogP contribution in [0.25, 0.3) is 0 Å². The van der Waals surface area contributed by atoms with Crippen molar-refractivity contribution in [3.8, 4) is 0 Å². The van der Waals surface area contributed by atoms with Crippen LogP contribution in [0.3, 0.4) is 0 Å². The number of hydrogen-bond donors (Lipinski definition) is 0. The second-order valence-corrected chi connectivity index (χ2v) is 6.84. The van der Waals surface area contributed by atoms with Crippen molar-refractivity contribution in [2.24, 2.45) is 0 Å². The van der Waals surface area contributed by atoms with Crippen LogP contribution in [0.5, 0.6) is 0 Å². The molecule has 1 aliphatic rings. The largest absolute Gasteiger partial charge is 0.219 e. The van der Waals surface area contributed by atoms with Gasteiger partial charge in [0.2, 0.25) is 0 Å². The van der Waals surface area contributed by atoms with Gasteiger partial charge in [-0.3, -0.25) is 0 Å². The van der Waals surface area contributed by atoms with E-state index in [1.54, 1.807) is 0 Å². The van der Waals surface area contributed by atoms with Crippen LogP contribution in [0, 0.1) is 3.57 Å². The number of halogens is 3. The summed E-state index contributed by atoms with van der Waals surface area (Å²) in [5.41, 5.74) is 0. The molecule has 0 N–H and O–H groups in total. The van der Waals surface area contributed by atoms with Gasteiger partial charge in [-0.1, -0.05) is 36.0 Å². The van der Waals surface area contributed by atoms with Crippen LogP contribution >= 0.6 is 57.6 Å². The Morgan fingerprint density at radius 2 is 1.75 bits per heavy atom. The van der Waals surface area contributed by atoms with Gasteiger partial charge in [0.1, 0.15) is 16.1 Å². The molecule has 1 aromatic rings. The quantitative estimate of drug-likeness (QED) is 0.560. The van der Waals surface area contributed by atoms with E-state index >= 15 is 0 Å². The highest BCUT2D eigenvalue weighted by atomic mass is 127. The summed E-state index contributed by atoms with van der Waals surface area (Å²) in [5, 5.41) is 1.69. The molecule has 0 aliphatic heterocycles. The van der Waals surface area contributed by atoms with Crippen LogP contribution in [0.4, 0.5) is 0 Å². The maximum Gasteiger partial charge on any atom is 0.147 e. The lowest BCUT2D eigenvalue weighted by Crippen LogP contribution is -2.00. The molecule has 0 amide bonds. The predicted molar refractivity (Wildman–Crippen MR) is 78.3 cm³/mol. The van der Waals surface area contributed by atoms with Gasteiger partial charge in [-0.05, 0) is 35.4 Å². The molecule has 0 atom stereocenters. The first-order chi connectivity index (χ1) is 7.66. The molecular formula is C10H11Cl2IN2S. The molecule has 0 spiro atoms. The van der Waals surface area contributed by atoms with Gasteiger partial charge >= 0.3 is 0 Å². The number of nitrogens with zero attached hydrogens (tertiary/aromatic N) is 2. The van der Waals surface area contributed by atoms with Gasteiger partial charge in [-0.25, -0.2) is 9.97 Å². The van der Waals surface area contributed by atoms with E-state index in [1.165, 1.54) is 25.7 Å². The van der Waals surface area contributed by atoms with Crippen LogP contribution in [0.1, 0.15) is 31.5 Å². The van der Waals surface area contributed by atoms with Gasteiger partial charge < -0.3 is 0 Å². The van der Waals surface area contributed by atoms with Crippen molar-refractivity contribution >= 4 is 57.6 Å². The van der Waals surface area contributed by atoms with Crippen LogP contribution in [0.2, 0.25) is 10.3 Å². The first kappa shape index (κ1) is 13.2. The summed E-state index contributed by atoms with van der Waals surface area (Å²) >= 11 is 15.9. The van der Waals surface area contributed by atoms with E-state index in [2.05, 4.69) is 32.6 Å². The second-order valence-electron chi connectivity index (χ2n) is 3.75. The van der Waals surface area contributed by atoms with Crippen molar-refractivity contribution < 1.29 is 0 Å². The molecule has 0 bridgehead atoms. The van der Waals surface area contributed by atoms with Gasteiger partial charge in [0, 0.05) is 5.25 Å². The molecule has 1 aromatic heterocycles. The standard InChI is InChI=1S/C10H11Cl2IN2S/c11-9-8(13)10(12)15-7(14-9)5-16-6-3-1-2-4-6/h6H,1-5H2. The summed E-state index contributed by atoms with van der Waals surface area (Å²) in [7, 11) is 0. The highest BCUT2D eigenvalue weighted by Crippen LogP contribution is 2.32. The van der Waals surface area contributed by atoms with Gasteiger partial charge in [0.15, 0.2) is 0 Å². The van der Waals surface area contributed by atoms with Crippen molar-refractivity contribution in [3.63, 3.8) is 0 Å². The normalized spacial score (nSPS) is 16.9. The fraction of sp³-hybridized carbons (Fsp3) is 0.600. The second kappa shape index (κ2) is 6.07. The van der Waals surface area contributed by atoms with Crippen LogP contribution in [0.15, 0.2) is 0 Å². The molecule has 2 nitrogen and oxygen atoms in total. The molecule has 0 aromatic carbocycles. The molecule has 1 fully saturated rings. The summed E-state index contributed by atoms with van der Waals surface area (Å²) in [6, 6.07) is 0. The highest BCUT2D eigenvalue weighted by Gasteiger charge is 2.16. The molecule has 2 rings (SSSR count). The lowest BCUT2D eigenvalue weighted by atomic mass is 10.4. The minimum Gasteiger partial charge on any atom is -0.219 e. The molecule has 1 aliphatic carbocycles. The van der Waals surface area contributed by atoms with Gasteiger partial charge in [0.05, 0.1) is 9.32 Å². The summed E-state index contributed by atoms with van der Waals surface area (Å²) in [6.07, 6.45) is 5.34. The van der Waals surface area contributed by atoms with E-state index in [-0.39, 0.29) is 0 Å². The van der Waals surface area contributed by atoms with E-state index in [4.69, 9.17) is 23.2 Å². The van der Waals surface area contributed by atoms with E-state index in [9.17, 15) is 0 Å². The summed E-state index contributed by atoms with van der Waals surface area (Å²) in [5.74, 6) is 1.55. The zero-order chi connectivity index (χ0) is 11.5. The first-order valence-electron chi connectivity index (χ1n) is 5.16. The summed E-state index contributed by atoms with van der Waals surface area (Å²) < 4.78 is 0.732. The fourth-order valence-corrected chi connectivity index (χ4v) is 3.59. The summed E-state index contributed by atoms with van der Waals surface area (Å²) in [4.78, 5) is 8.47. The van der Waals surface area contributed by atoms with Crippen LogP contribution in [-0.4, -0.2) is 15.2 Å². The lowest BCUT2D eigenvalue weighted by molar-refractivity contribution is 0.886. The molecule has 0 radical (unpaired) electrons. The first-order valence-corrected chi connectivity index (χ1v) is 8.04. The van der Waals surface area contributed by atoms with Crippen LogP contribution < -0.4 is 0 Å². The third-order valence-electron chi connectivity index (χ3n) is 2.57. The van der Waals surface area contributed by atoms with Crippen molar-refractivity contribution in [1.29, 1.82) is 0 Å². The zero-order valence-electron chi connectivity index (χ0n) is 8.55. The minimum absolute atomic E-state index is 0.461. The zero-order valence-corrected chi connectivity index (χ0v) is 13.0. The monoisotopic (exact) mass is 388 g/mol. The Labute approximate surface area is 123 Å².